The summed E-state index contributed by atoms with van der Waals surface area (Å²) in [5.74, 6) is 0.963. The van der Waals surface area contributed by atoms with Crippen molar-refractivity contribution < 1.29 is 9.59 Å². The molecule has 0 saturated carbocycles. The van der Waals surface area contributed by atoms with E-state index < -0.39 is 0 Å². The van der Waals surface area contributed by atoms with Crippen LogP contribution in [0.1, 0.15) is 28.6 Å². The van der Waals surface area contributed by atoms with Crippen LogP contribution in [-0.4, -0.2) is 45.0 Å². The largest absolute Gasteiger partial charge is 0.344 e. The molecule has 7 nitrogen and oxygen atoms in total. The van der Waals surface area contributed by atoms with Crippen molar-refractivity contribution in [2.24, 2.45) is 0 Å². The zero-order chi connectivity index (χ0) is 23.0. The third-order valence-corrected chi connectivity index (χ3v) is 5.91. The number of nitrogens with one attached hydrogen (secondary N) is 2. The first kappa shape index (κ1) is 22.5. The fraction of sp³-hybridized carbons (Fsp3) is 0.200. The first-order valence-corrected chi connectivity index (χ1v) is 12.1. The molecule has 2 aromatic carbocycles. The van der Waals surface area contributed by atoms with E-state index in [-0.39, 0.29) is 24.4 Å². The molecule has 0 radical (unpaired) electrons. The Morgan fingerprint density at radius 1 is 0.939 bits per heavy atom. The molecule has 4 rings (SSSR count). The lowest BCUT2D eigenvalue weighted by molar-refractivity contribution is -0.121. The molecule has 2 N–H and O–H groups in total. The SMILES string of the molecule is CSCCC(NC(=O)CNC(=O)c1ccc(-c2ccccc2)cc1)c1nnc2ccccn12. The van der Waals surface area contributed by atoms with E-state index in [9.17, 15) is 9.59 Å². The Labute approximate surface area is 196 Å². The van der Waals surface area contributed by atoms with Gasteiger partial charge >= 0.3 is 0 Å². The van der Waals surface area contributed by atoms with Gasteiger partial charge in [0.15, 0.2) is 11.5 Å². The Bertz CT molecular complexity index is 1220. The highest BCUT2D eigenvalue weighted by Gasteiger charge is 2.20. The molecule has 0 aliphatic heterocycles. The highest BCUT2D eigenvalue weighted by Crippen LogP contribution is 2.20. The fourth-order valence-corrected chi connectivity index (χ4v) is 4.02. The number of rotatable bonds is 9. The van der Waals surface area contributed by atoms with Crippen molar-refractivity contribution in [3.63, 3.8) is 0 Å². The minimum Gasteiger partial charge on any atom is -0.344 e. The molecule has 4 aromatic rings. The molecular formula is C25H25N5O2S. The summed E-state index contributed by atoms with van der Waals surface area (Å²) in [5, 5.41) is 14.2. The predicted octanol–water partition coefficient (Wildman–Crippen LogP) is 3.74. The fourth-order valence-electron chi connectivity index (χ4n) is 3.55. The van der Waals surface area contributed by atoms with Gasteiger partial charge in [0.2, 0.25) is 5.91 Å². The first-order valence-electron chi connectivity index (χ1n) is 10.7. The number of nitrogens with zero attached hydrogens (tertiary/aromatic N) is 3. The minimum absolute atomic E-state index is 0.119. The van der Waals surface area contributed by atoms with Crippen molar-refractivity contribution in [3.05, 3.63) is 90.4 Å². The maximum atomic E-state index is 12.6. The number of pyridine rings is 1. The molecule has 2 amide bonds. The number of aromatic nitrogens is 3. The lowest BCUT2D eigenvalue weighted by Gasteiger charge is -2.17. The molecule has 1 atom stereocenters. The van der Waals surface area contributed by atoms with Gasteiger partial charge in [-0.25, -0.2) is 0 Å². The Morgan fingerprint density at radius 2 is 1.67 bits per heavy atom. The van der Waals surface area contributed by atoms with Gasteiger partial charge in [-0.1, -0.05) is 48.5 Å². The van der Waals surface area contributed by atoms with Crippen molar-refractivity contribution in [2.75, 3.05) is 18.6 Å². The van der Waals surface area contributed by atoms with Crippen LogP contribution in [0, 0.1) is 0 Å². The molecule has 0 fully saturated rings. The van der Waals surface area contributed by atoms with Crippen molar-refractivity contribution >= 4 is 29.2 Å². The van der Waals surface area contributed by atoms with Gasteiger partial charge in [-0.2, -0.15) is 11.8 Å². The molecular weight excluding hydrogens is 434 g/mol. The standard InChI is InChI=1S/C25H25N5O2S/c1-33-16-14-21(24-29-28-22-9-5-6-15-30(22)24)27-23(31)17-26-25(32)20-12-10-19(11-13-20)18-7-3-2-4-8-18/h2-13,15,21H,14,16-17H2,1H3,(H,26,32)(H,27,31). The van der Waals surface area contributed by atoms with Crippen LogP contribution >= 0.6 is 11.8 Å². The molecule has 1 unspecified atom stereocenters. The summed E-state index contributed by atoms with van der Waals surface area (Å²) in [4.78, 5) is 25.2. The monoisotopic (exact) mass is 459 g/mol. The van der Waals surface area contributed by atoms with Crippen LogP contribution in [0.2, 0.25) is 0 Å². The summed E-state index contributed by atoms with van der Waals surface area (Å²) in [5.41, 5.74) is 3.34. The number of amides is 2. The Hall–Kier alpha value is -3.65. The molecule has 168 valence electrons. The van der Waals surface area contributed by atoms with Gasteiger partial charge < -0.3 is 10.6 Å². The van der Waals surface area contributed by atoms with E-state index in [1.165, 1.54) is 0 Å². The molecule has 0 spiro atoms. The van der Waals surface area contributed by atoms with E-state index in [2.05, 4.69) is 20.8 Å². The van der Waals surface area contributed by atoms with Crippen molar-refractivity contribution in [3.8, 4) is 11.1 Å². The zero-order valence-corrected chi connectivity index (χ0v) is 19.1. The zero-order valence-electron chi connectivity index (χ0n) is 18.3. The minimum atomic E-state index is -0.301. The summed E-state index contributed by atoms with van der Waals surface area (Å²) in [6.07, 6.45) is 4.60. The van der Waals surface area contributed by atoms with Gasteiger partial charge in [-0.05, 0) is 53.8 Å². The quantitative estimate of drug-likeness (QED) is 0.398. The smallest absolute Gasteiger partial charge is 0.251 e. The molecule has 8 heteroatoms. The highest BCUT2D eigenvalue weighted by atomic mass is 32.2. The van der Waals surface area contributed by atoms with Gasteiger partial charge in [0.25, 0.3) is 5.91 Å². The third-order valence-electron chi connectivity index (χ3n) is 5.26. The maximum absolute atomic E-state index is 12.6. The summed E-state index contributed by atoms with van der Waals surface area (Å²) in [6, 6.07) is 22.6. The highest BCUT2D eigenvalue weighted by molar-refractivity contribution is 7.98. The van der Waals surface area contributed by atoms with E-state index in [1.54, 1.807) is 23.9 Å². The molecule has 2 heterocycles. The summed E-state index contributed by atoms with van der Waals surface area (Å²) in [7, 11) is 0. The van der Waals surface area contributed by atoms with E-state index in [4.69, 9.17) is 0 Å². The maximum Gasteiger partial charge on any atom is 0.251 e. The summed E-state index contributed by atoms with van der Waals surface area (Å²) < 4.78 is 1.87. The van der Waals surface area contributed by atoms with Crippen molar-refractivity contribution in [1.29, 1.82) is 0 Å². The van der Waals surface area contributed by atoms with Crippen molar-refractivity contribution in [1.82, 2.24) is 25.2 Å². The van der Waals surface area contributed by atoms with Crippen LogP contribution in [0.15, 0.2) is 79.0 Å². The number of hydrogen-bond donors (Lipinski definition) is 2. The second kappa shape index (κ2) is 10.8. The number of carbonyl (C=O) groups is 2. The van der Waals surface area contributed by atoms with Crippen LogP contribution in [0.3, 0.4) is 0 Å². The lowest BCUT2D eigenvalue weighted by Crippen LogP contribution is -2.39. The molecule has 0 aliphatic carbocycles. The number of carbonyl (C=O) groups excluding carboxylic acids is 2. The number of thioether (sulfide) groups is 1. The topological polar surface area (TPSA) is 88.4 Å². The number of benzene rings is 2. The van der Waals surface area contributed by atoms with E-state index >= 15 is 0 Å². The normalized spacial score (nSPS) is 11.8. The second-order valence-electron chi connectivity index (χ2n) is 7.51. The van der Waals surface area contributed by atoms with E-state index in [1.807, 2.05) is 77.5 Å². The average Bonchev–Trinajstić information content (AvgIpc) is 3.30. The number of hydrogen-bond acceptors (Lipinski definition) is 5. The molecule has 0 bridgehead atoms. The Morgan fingerprint density at radius 3 is 2.42 bits per heavy atom. The average molecular weight is 460 g/mol. The van der Waals surface area contributed by atoms with E-state index in [0.717, 1.165) is 22.5 Å². The molecule has 0 aliphatic rings. The van der Waals surface area contributed by atoms with Crippen LogP contribution in [0.5, 0.6) is 0 Å². The third kappa shape index (κ3) is 5.59. The molecule has 33 heavy (non-hydrogen) atoms. The van der Waals surface area contributed by atoms with Crippen LogP contribution < -0.4 is 10.6 Å². The van der Waals surface area contributed by atoms with Gasteiger partial charge in [-0.3, -0.25) is 14.0 Å². The van der Waals surface area contributed by atoms with Crippen molar-refractivity contribution in [2.45, 2.75) is 12.5 Å². The molecule has 2 aromatic heterocycles. The lowest BCUT2D eigenvalue weighted by atomic mass is 10.0. The summed E-state index contributed by atoms with van der Waals surface area (Å²) >= 11 is 1.70. The molecule has 0 saturated heterocycles. The van der Waals surface area contributed by atoms with Gasteiger partial charge in [0.1, 0.15) is 0 Å². The predicted molar refractivity (Wildman–Crippen MR) is 131 cm³/mol. The second-order valence-corrected chi connectivity index (χ2v) is 8.50. The first-order chi connectivity index (χ1) is 16.2. The van der Waals surface area contributed by atoms with Gasteiger partial charge in [-0.15, -0.1) is 10.2 Å². The van der Waals surface area contributed by atoms with E-state index in [0.29, 0.717) is 17.8 Å². The van der Waals surface area contributed by atoms with Crippen LogP contribution in [-0.2, 0) is 4.79 Å². The Kier molecular flexibility index (Phi) is 7.36. The Balaban J connectivity index is 1.37. The summed E-state index contributed by atoms with van der Waals surface area (Å²) in [6.45, 7) is -0.119. The van der Waals surface area contributed by atoms with Crippen LogP contribution in [0.25, 0.3) is 16.8 Å². The van der Waals surface area contributed by atoms with Gasteiger partial charge in [0.05, 0.1) is 12.6 Å². The van der Waals surface area contributed by atoms with Gasteiger partial charge in [0, 0.05) is 11.8 Å². The van der Waals surface area contributed by atoms with Crippen LogP contribution in [0.4, 0.5) is 0 Å². The number of fused-ring (bicyclic) bond motifs is 1.